The summed E-state index contributed by atoms with van der Waals surface area (Å²) < 4.78 is 19.2. The lowest BCUT2D eigenvalue weighted by atomic mass is 10.2. The van der Waals surface area contributed by atoms with E-state index in [9.17, 15) is 14.0 Å². The maximum atomic E-state index is 13.5. The molecule has 1 aliphatic rings. The second-order valence-corrected chi connectivity index (χ2v) is 6.61. The lowest BCUT2D eigenvalue weighted by Gasteiger charge is -2.33. The van der Waals surface area contributed by atoms with Gasteiger partial charge >= 0.3 is 0 Å². The van der Waals surface area contributed by atoms with Gasteiger partial charge in [-0.3, -0.25) is 14.5 Å². The van der Waals surface area contributed by atoms with Gasteiger partial charge in [0.2, 0.25) is 5.91 Å². The van der Waals surface area contributed by atoms with Gasteiger partial charge in [-0.2, -0.15) is 0 Å². The molecule has 2 N–H and O–H groups in total. The Morgan fingerprint density at radius 2 is 2.08 bits per heavy atom. The Hall–Kier alpha value is -1.99. The van der Waals surface area contributed by atoms with E-state index in [1.54, 1.807) is 6.07 Å². The predicted octanol–water partition coefficient (Wildman–Crippen LogP) is 1.03. The molecule has 1 fully saturated rings. The number of hydrogen-bond acceptors (Lipinski definition) is 4. The Kier molecular flexibility index (Phi) is 7.33. The van der Waals surface area contributed by atoms with E-state index < -0.39 is 11.7 Å². The number of benzene rings is 1. The van der Waals surface area contributed by atoms with Gasteiger partial charge in [0, 0.05) is 26.2 Å². The van der Waals surface area contributed by atoms with Gasteiger partial charge < -0.3 is 15.4 Å². The van der Waals surface area contributed by atoms with Crippen LogP contribution in [-0.2, 0) is 9.53 Å². The van der Waals surface area contributed by atoms with Crippen LogP contribution in [0.1, 0.15) is 24.2 Å². The minimum atomic E-state index is -0.610. The highest BCUT2D eigenvalue weighted by atomic mass is 19.1. The number of carbonyl (C=O) groups excluding carboxylic acids is 2. The number of amides is 2. The summed E-state index contributed by atoms with van der Waals surface area (Å²) in [6.45, 7) is 7.87. The first-order valence-electron chi connectivity index (χ1n) is 8.59. The van der Waals surface area contributed by atoms with Crippen molar-refractivity contribution in [3.8, 4) is 0 Å². The van der Waals surface area contributed by atoms with E-state index >= 15 is 0 Å². The molecule has 7 heteroatoms. The SMILES string of the molecule is CC(C)CN1CCO[C@@H](CNC(=O)CNC(=O)c2ccccc2F)C1. The van der Waals surface area contributed by atoms with Crippen LogP contribution in [0.25, 0.3) is 0 Å². The van der Waals surface area contributed by atoms with Crippen LogP contribution in [0.5, 0.6) is 0 Å². The zero-order valence-electron chi connectivity index (χ0n) is 14.8. The third-order valence-corrected chi connectivity index (χ3v) is 3.90. The number of hydrogen-bond donors (Lipinski definition) is 2. The number of morpholine rings is 1. The highest BCUT2D eigenvalue weighted by molar-refractivity contribution is 5.96. The van der Waals surface area contributed by atoms with Gasteiger partial charge in [-0.05, 0) is 18.1 Å². The minimum absolute atomic E-state index is 0.0567. The van der Waals surface area contributed by atoms with Crippen molar-refractivity contribution < 1.29 is 18.7 Å². The maximum absolute atomic E-state index is 13.5. The molecular weight excluding hydrogens is 325 g/mol. The Morgan fingerprint density at radius 3 is 2.80 bits per heavy atom. The van der Waals surface area contributed by atoms with Gasteiger partial charge in [-0.15, -0.1) is 0 Å². The fourth-order valence-electron chi connectivity index (χ4n) is 2.78. The summed E-state index contributed by atoms with van der Waals surface area (Å²) in [5.41, 5.74) is -0.0739. The number of nitrogens with one attached hydrogen (secondary N) is 2. The first kappa shape index (κ1) is 19.3. The van der Waals surface area contributed by atoms with Crippen LogP contribution in [-0.4, -0.2) is 62.1 Å². The Balaban J connectivity index is 1.70. The molecule has 1 atom stereocenters. The Labute approximate surface area is 147 Å². The number of nitrogens with zero attached hydrogens (tertiary/aromatic N) is 1. The van der Waals surface area contributed by atoms with Gasteiger partial charge in [-0.25, -0.2) is 4.39 Å². The van der Waals surface area contributed by atoms with Crippen molar-refractivity contribution in [2.24, 2.45) is 5.92 Å². The van der Waals surface area contributed by atoms with Crippen molar-refractivity contribution >= 4 is 11.8 Å². The largest absolute Gasteiger partial charge is 0.374 e. The summed E-state index contributed by atoms with van der Waals surface area (Å²) in [4.78, 5) is 26.1. The molecule has 138 valence electrons. The van der Waals surface area contributed by atoms with Crippen LogP contribution in [0.15, 0.2) is 24.3 Å². The lowest BCUT2D eigenvalue weighted by molar-refractivity contribution is -0.121. The van der Waals surface area contributed by atoms with Crippen molar-refractivity contribution in [3.05, 3.63) is 35.6 Å². The van der Waals surface area contributed by atoms with Crippen LogP contribution in [0.3, 0.4) is 0 Å². The number of rotatable bonds is 7. The maximum Gasteiger partial charge on any atom is 0.254 e. The molecule has 0 bridgehead atoms. The van der Waals surface area contributed by atoms with Crippen LogP contribution in [0.2, 0.25) is 0 Å². The second-order valence-electron chi connectivity index (χ2n) is 6.61. The zero-order valence-corrected chi connectivity index (χ0v) is 14.8. The highest BCUT2D eigenvalue weighted by Gasteiger charge is 2.21. The van der Waals surface area contributed by atoms with Crippen molar-refractivity contribution in [1.29, 1.82) is 0 Å². The van der Waals surface area contributed by atoms with E-state index in [4.69, 9.17) is 4.74 Å². The summed E-state index contributed by atoms with van der Waals surface area (Å²) in [5, 5.41) is 5.17. The van der Waals surface area contributed by atoms with E-state index in [2.05, 4.69) is 29.4 Å². The Bertz CT molecular complexity index is 595. The summed E-state index contributed by atoms with van der Waals surface area (Å²) in [6, 6.07) is 5.66. The summed E-state index contributed by atoms with van der Waals surface area (Å²) in [7, 11) is 0. The highest BCUT2D eigenvalue weighted by Crippen LogP contribution is 2.07. The predicted molar refractivity (Wildman–Crippen MR) is 92.8 cm³/mol. The van der Waals surface area contributed by atoms with Gasteiger partial charge in [-0.1, -0.05) is 26.0 Å². The first-order chi connectivity index (χ1) is 12.0. The normalized spacial score (nSPS) is 18.2. The van der Waals surface area contributed by atoms with E-state index in [-0.39, 0.29) is 24.1 Å². The molecule has 1 aromatic carbocycles. The molecule has 25 heavy (non-hydrogen) atoms. The first-order valence-corrected chi connectivity index (χ1v) is 8.59. The lowest BCUT2D eigenvalue weighted by Crippen LogP contribution is -2.49. The van der Waals surface area contributed by atoms with E-state index in [0.29, 0.717) is 19.1 Å². The van der Waals surface area contributed by atoms with Crippen molar-refractivity contribution in [1.82, 2.24) is 15.5 Å². The number of ether oxygens (including phenoxy) is 1. The monoisotopic (exact) mass is 351 g/mol. The molecule has 2 amide bonds. The Morgan fingerprint density at radius 1 is 1.32 bits per heavy atom. The third kappa shape index (κ3) is 6.43. The molecule has 1 aliphatic heterocycles. The van der Waals surface area contributed by atoms with Crippen molar-refractivity contribution in [2.75, 3.05) is 39.3 Å². The molecular formula is C18H26FN3O3. The molecule has 1 saturated heterocycles. The van der Waals surface area contributed by atoms with E-state index in [1.165, 1.54) is 18.2 Å². The van der Waals surface area contributed by atoms with Crippen molar-refractivity contribution in [3.63, 3.8) is 0 Å². The van der Waals surface area contributed by atoms with E-state index in [1.807, 2.05) is 0 Å². The summed E-state index contributed by atoms with van der Waals surface area (Å²) in [6.07, 6.45) is -0.0567. The molecule has 1 aromatic rings. The van der Waals surface area contributed by atoms with Gasteiger partial charge in [0.25, 0.3) is 5.91 Å². The number of halogens is 1. The molecule has 0 unspecified atom stereocenters. The topological polar surface area (TPSA) is 70.7 Å². The van der Waals surface area contributed by atoms with Gasteiger partial charge in [0.15, 0.2) is 0 Å². The molecule has 0 radical (unpaired) electrons. The molecule has 0 spiro atoms. The average Bonchev–Trinajstić information content (AvgIpc) is 2.58. The molecule has 0 saturated carbocycles. The molecule has 0 aliphatic carbocycles. The van der Waals surface area contributed by atoms with Crippen LogP contribution >= 0.6 is 0 Å². The quantitative estimate of drug-likeness (QED) is 0.770. The fourth-order valence-corrected chi connectivity index (χ4v) is 2.78. The average molecular weight is 351 g/mol. The van der Waals surface area contributed by atoms with Crippen molar-refractivity contribution in [2.45, 2.75) is 20.0 Å². The smallest absolute Gasteiger partial charge is 0.254 e. The number of carbonyl (C=O) groups is 2. The van der Waals surface area contributed by atoms with Gasteiger partial charge in [0.05, 0.1) is 24.8 Å². The fraction of sp³-hybridized carbons (Fsp3) is 0.556. The van der Waals surface area contributed by atoms with Crippen LogP contribution < -0.4 is 10.6 Å². The van der Waals surface area contributed by atoms with E-state index in [0.717, 1.165) is 19.6 Å². The molecule has 6 nitrogen and oxygen atoms in total. The standard InChI is InChI=1S/C18H26FN3O3/c1-13(2)11-22-7-8-25-14(12-22)9-20-17(23)10-21-18(24)15-5-3-4-6-16(15)19/h3-6,13-14H,7-12H2,1-2H3,(H,20,23)(H,21,24)/t14-/m0/s1. The van der Waals surface area contributed by atoms with Gasteiger partial charge in [0.1, 0.15) is 5.82 Å². The van der Waals surface area contributed by atoms with Crippen LogP contribution in [0.4, 0.5) is 4.39 Å². The summed E-state index contributed by atoms with van der Waals surface area (Å²) in [5.74, 6) is -0.956. The molecule has 2 rings (SSSR count). The third-order valence-electron chi connectivity index (χ3n) is 3.90. The van der Waals surface area contributed by atoms with Crippen LogP contribution in [0, 0.1) is 11.7 Å². The molecule has 0 aromatic heterocycles. The summed E-state index contributed by atoms with van der Waals surface area (Å²) >= 11 is 0. The minimum Gasteiger partial charge on any atom is -0.374 e. The zero-order chi connectivity index (χ0) is 18.2. The second kappa shape index (κ2) is 9.48. The molecule has 1 heterocycles.